The molecule has 0 saturated heterocycles. The Kier molecular flexibility index (Phi) is 4.55. The predicted octanol–water partition coefficient (Wildman–Crippen LogP) is 4.59. The van der Waals surface area contributed by atoms with Gasteiger partial charge in [0.1, 0.15) is 5.00 Å². The third-order valence-electron chi connectivity index (χ3n) is 4.06. The number of hydrogen-bond donors (Lipinski definition) is 2. The van der Waals surface area contributed by atoms with Crippen molar-refractivity contribution in [2.24, 2.45) is 5.92 Å². The van der Waals surface area contributed by atoms with Crippen LogP contribution in [0.15, 0.2) is 28.7 Å². The van der Waals surface area contributed by atoms with E-state index in [2.05, 4.69) is 28.2 Å². The largest absolute Gasteiger partial charge is 0.478 e. The predicted molar refractivity (Wildman–Crippen MR) is 94.6 cm³/mol. The zero-order chi connectivity index (χ0) is 16.6. The first-order valence-corrected chi connectivity index (χ1v) is 9.01. The third-order valence-corrected chi connectivity index (χ3v) is 5.76. The summed E-state index contributed by atoms with van der Waals surface area (Å²) in [4.78, 5) is 25.1. The smallest absolute Gasteiger partial charge is 0.339 e. The highest BCUT2D eigenvalue weighted by Gasteiger charge is 2.28. The average Bonchev–Trinajstić information content (AvgIpc) is 2.84. The normalized spacial score (nSPS) is 16.7. The number of halogens is 1. The van der Waals surface area contributed by atoms with Crippen LogP contribution in [0.3, 0.4) is 0 Å². The number of hydrogen-bond acceptors (Lipinski definition) is 3. The number of carbonyl (C=O) groups is 2. The highest BCUT2D eigenvalue weighted by molar-refractivity contribution is 9.10. The van der Waals surface area contributed by atoms with E-state index in [0.29, 0.717) is 16.5 Å². The van der Waals surface area contributed by atoms with Crippen LogP contribution in [0, 0.1) is 5.92 Å². The lowest BCUT2D eigenvalue weighted by atomic mass is 9.88. The van der Waals surface area contributed by atoms with Crippen molar-refractivity contribution in [3.05, 3.63) is 50.3 Å². The fraction of sp³-hybridized carbons (Fsp3) is 0.294. The Bertz CT molecular complexity index is 767. The Hall–Kier alpha value is -1.66. The molecule has 1 aliphatic carbocycles. The first-order chi connectivity index (χ1) is 11.0. The third kappa shape index (κ3) is 3.33. The Morgan fingerprint density at radius 2 is 2.00 bits per heavy atom. The van der Waals surface area contributed by atoms with Gasteiger partial charge in [-0.25, -0.2) is 4.79 Å². The molecule has 0 spiro atoms. The number of carboxylic acid groups (broad SMARTS) is 1. The molecule has 120 valence electrons. The van der Waals surface area contributed by atoms with Gasteiger partial charge in [-0.05, 0) is 55.0 Å². The Balaban J connectivity index is 1.92. The van der Waals surface area contributed by atoms with Gasteiger partial charge in [0.15, 0.2) is 0 Å². The van der Waals surface area contributed by atoms with Gasteiger partial charge in [0, 0.05) is 14.9 Å². The SMILES string of the molecule is CC1CCc2c(sc(NC(=O)c3ccc(Br)cc3)c2C(=O)O)C1. The minimum Gasteiger partial charge on any atom is -0.478 e. The number of rotatable bonds is 3. The van der Waals surface area contributed by atoms with Gasteiger partial charge >= 0.3 is 5.97 Å². The fourth-order valence-electron chi connectivity index (χ4n) is 2.84. The Morgan fingerprint density at radius 1 is 1.30 bits per heavy atom. The van der Waals surface area contributed by atoms with Crippen molar-refractivity contribution in [1.29, 1.82) is 0 Å². The van der Waals surface area contributed by atoms with Gasteiger partial charge in [-0.1, -0.05) is 22.9 Å². The maximum Gasteiger partial charge on any atom is 0.339 e. The van der Waals surface area contributed by atoms with Gasteiger partial charge in [-0.2, -0.15) is 0 Å². The standard InChI is InChI=1S/C17H16BrNO3S/c1-9-2-7-12-13(8-9)23-16(14(12)17(21)22)19-15(20)10-3-5-11(18)6-4-10/h3-6,9H,2,7-8H2,1H3,(H,19,20)(H,21,22). The van der Waals surface area contributed by atoms with E-state index in [9.17, 15) is 14.7 Å². The monoisotopic (exact) mass is 393 g/mol. The molecule has 1 aromatic heterocycles. The molecule has 1 atom stereocenters. The Morgan fingerprint density at radius 3 is 2.65 bits per heavy atom. The van der Waals surface area contributed by atoms with E-state index in [4.69, 9.17) is 0 Å². The fourth-order valence-corrected chi connectivity index (χ4v) is 4.50. The summed E-state index contributed by atoms with van der Waals surface area (Å²) in [5.74, 6) is -0.701. The first kappa shape index (κ1) is 16.2. The summed E-state index contributed by atoms with van der Waals surface area (Å²) < 4.78 is 0.890. The molecular formula is C17H16BrNO3S. The molecule has 6 heteroatoms. The number of benzene rings is 1. The molecule has 0 saturated carbocycles. The van der Waals surface area contributed by atoms with E-state index in [0.717, 1.165) is 34.2 Å². The maximum absolute atomic E-state index is 12.4. The summed E-state index contributed by atoms with van der Waals surface area (Å²) in [7, 11) is 0. The highest BCUT2D eigenvalue weighted by atomic mass is 79.9. The molecule has 1 unspecified atom stereocenters. The van der Waals surface area contributed by atoms with E-state index in [1.165, 1.54) is 11.3 Å². The van der Waals surface area contributed by atoms with E-state index in [1.54, 1.807) is 24.3 Å². The summed E-state index contributed by atoms with van der Waals surface area (Å²) in [6.07, 6.45) is 2.64. The molecule has 1 amide bonds. The molecule has 2 N–H and O–H groups in total. The van der Waals surface area contributed by atoms with Gasteiger partial charge in [-0.3, -0.25) is 4.79 Å². The van der Waals surface area contributed by atoms with Crippen molar-refractivity contribution in [3.8, 4) is 0 Å². The van der Waals surface area contributed by atoms with Gasteiger partial charge < -0.3 is 10.4 Å². The van der Waals surface area contributed by atoms with E-state index < -0.39 is 5.97 Å². The molecule has 4 nitrogen and oxygen atoms in total. The minimum atomic E-state index is -0.969. The first-order valence-electron chi connectivity index (χ1n) is 7.40. The number of amides is 1. The van der Waals surface area contributed by atoms with Crippen molar-refractivity contribution in [2.45, 2.75) is 26.2 Å². The average molecular weight is 394 g/mol. The van der Waals surface area contributed by atoms with Crippen LogP contribution >= 0.6 is 27.3 Å². The second-order valence-electron chi connectivity index (χ2n) is 5.82. The van der Waals surface area contributed by atoms with Crippen molar-refractivity contribution >= 4 is 44.1 Å². The second kappa shape index (κ2) is 6.45. The van der Waals surface area contributed by atoms with Crippen LogP contribution in [-0.4, -0.2) is 17.0 Å². The molecule has 1 aliphatic rings. The van der Waals surface area contributed by atoms with Crippen molar-refractivity contribution in [2.75, 3.05) is 5.32 Å². The lowest BCUT2D eigenvalue weighted by Gasteiger charge is -2.17. The van der Waals surface area contributed by atoms with E-state index in [-0.39, 0.29) is 11.5 Å². The lowest BCUT2D eigenvalue weighted by molar-refractivity contribution is 0.0697. The molecule has 0 radical (unpaired) electrons. The maximum atomic E-state index is 12.4. The number of nitrogens with one attached hydrogen (secondary N) is 1. The van der Waals surface area contributed by atoms with Crippen LogP contribution in [0.25, 0.3) is 0 Å². The van der Waals surface area contributed by atoms with Gasteiger partial charge in [0.25, 0.3) is 5.91 Å². The van der Waals surface area contributed by atoms with E-state index in [1.807, 2.05) is 0 Å². The molecule has 23 heavy (non-hydrogen) atoms. The van der Waals surface area contributed by atoms with Gasteiger partial charge in [0.2, 0.25) is 0 Å². The summed E-state index contributed by atoms with van der Waals surface area (Å²) in [5, 5.41) is 12.8. The minimum absolute atomic E-state index is 0.266. The summed E-state index contributed by atoms with van der Waals surface area (Å²) in [5.41, 5.74) is 1.67. The zero-order valence-corrected chi connectivity index (χ0v) is 15.0. The molecule has 2 aromatic rings. The van der Waals surface area contributed by atoms with Gasteiger partial charge in [0.05, 0.1) is 5.56 Å². The molecule has 1 aromatic carbocycles. The summed E-state index contributed by atoms with van der Waals surface area (Å²) in [6, 6.07) is 6.98. The number of anilines is 1. The molecule has 3 rings (SSSR count). The number of carboxylic acids is 1. The number of carbonyl (C=O) groups excluding carboxylic acids is 1. The lowest BCUT2D eigenvalue weighted by Crippen LogP contribution is -2.15. The van der Waals surface area contributed by atoms with Crippen molar-refractivity contribution < 1.29 is 14.7 Å². The highest BCUT2D eigenvalue weighted by Crippen LogP contribution is 2.39. The molecule has 0 fully saturated rings. The van der Waals surface area contributed by atoms with Crippen LogP contribution in [0.5, 0.6) is 0 Å². The van der Waals surface area contributed by atoms with Crippen LogP contribution in [0.4, 0.5) is 5.00 Å². The number of aromatic carboxylic acids is 1. The van der Waals surface area contributed by atoms with Crippen molar-refractivity contribution in [1.82, 2.24) is 0 Å². The number of thiophene rings is 1. The molecule has 0 aliphatic heterocycles. The second-order valence-corrected chi connectivity index (χ2v) is 7.84. The molecule has 0 bridgehead atoms. The topological polar surface area (TPSA) is 66.4 Å². The van der Waals surface area contributed by atoms with Crippen LogP contribution in [0.2, 0.25) is 0 Å². The zero-order valence-electron chi connectivity index (χ0n) is 12.6. The quantitative estimate of drug-likeness (QED) is 0.801. The molecular weight excluding hydrogens is 378 g/mol. The van der Waals surface area contributed by atoms with Gasteiger partial charge in [-0.15, -0.1) is 11.3 Å². The van der Waals surface area contributed by atoms with E-state index >= 15 is 0 Å². The summed E-state index contributed by atoms with van der Waals surface area (Å²) in [6.45, 7) is 2.17. The Labute approximate surface area is 146 Å². The van der Waals surface area contributed by atoms with Crippen LogP contribution in [0.1, 0.15) is 44.5 Å². The number of fused-ring (bicyclic) bond motifs is 1. The van der Waals surface area contributed by atoms with Crippen LogP contribution < -0.4 is 5.32 Å². The summed E-state index contributed by atoms with van der Waals surface area (Å²) >= 11 is 4.73. The molecule has 1 heterocycles. The van der Waals surface area contributed by atoms with Crippen LogP contribution in [-0.2, 0) is 12.8 Å². The van der Waals surface area contributed by atoms with Crippen molar-refractivity contribution in [3.63, 3.8) is 0 Å².